The smallest absolute Gasteiger partial charge is 0.0640 e. The molecular weight excluding hydrogens is 178 g/mol. The lowest BCUT2D eigenvalue weighted by molar-refractivity contribution is -0.0340. The van der Waals surface area contributed by atoms with E-state index in [1.165, 1.54) is 12.8 Å². The first-order valence-electron chi connectivity index (χ1n) is 5.83. The summed E-state index contributed by atoms with van der Waals surface area (Å²) in [7, 11) is 0. The summed E-state index contributed by atoms with van der Waals surface area (Å²) in [5.74, 6) is 0.649. The van der Waals surface area contributed by atoms with Crippen molar-refractivity contribution in [2.75, 3.05) is 26.4 Å². The standard InChI is InChI=1S/C11H21NO2/c1-2-12-10-4-6-14-11(7-10)9-3-5-13-8-9/h9-12H,2-8H2,1H3. The molecule has 0 amide bonds. The van der Waals surface area contributed by atoms with Crippen molar-refractivity contribution >= 4 is 0 Å². The Balaban J connectivity index is 1.80. The highest BCUT2D eigenvalue weighted by atomic mass is 16.5. The monoisotopic (exact) mass is 199 g/mol. The lowest BCUT2D eigenvalue weighted by Gasteiger charge is -2.32. The Morgan fingerprint density at radius 2 is 2.21 bits per heavy atom. The van der Waals surface area contributed by atoms with Crippen molar-refractivity contribution in [1.29, 1.82) is 0 Å². The highest BCUT2D eigenvalue weighted by Crippen LogP contribution is 2.26. The van der Waals surface area contributed by atoms with Crippen LogP contribution < -0.4 is 5.32 Å². The molecule has 1 N–H and O–H groups in total. The number of hydrogen-bond acceptors (Lipinski definition) is 3. The van der Waals surface area contributed by atoms with Crippen LogP contribution in [0.4, 0.5) is 0 Å². The molecule has 0 bridgehead atoms. The largest absolute Gasteiger partial charge is 0.381 e. The molecule has 82 valence electrons. The summed E-state index contributed by atoms with van der Waals surface area (Å²) < 4.78 is 11.2. The van der Waals surface area contributed by atoms with Crippen molar-refractivity contribution in [2.45, 2.75) is 38.3 Å². The summed E-state index contributed by atoms with van der Waals surface area (Å²) >= 11 is 0. The van der Waals surface area contributed by atoms with Gasteiger partial charge in [0.05, 0.1) is 12.7 Å². The Bertz CT molecular complexity index is 167. The van der Waals surface area contributed by atoms with Gasteiger partial charge < -0.3 is 14.8 Å². The molecule has 2 rings (SSSR count). The molecule has 0 aromatic carbocycles. The van der Waals surface area contributed by atoms with E-state index in [1.54, 1.807) is 0 Å². The first-order valence-corrected chi connectivity index (χ1v) is 5.83. The Labute approximate surface area is 86.2 Å². The Kier molecular flexibility index (Phi) is 3.79. The number of hydrogen-bond donors (Lipinski definition) is 1. The van der Waals surface area contributed by atoms with Crippen LogP contribution >= 0.6 is 0 Å². The normalized spacial score (nSPS) is 38.8. The van der Waals surface area contributed by atoms with E-state index < -0.39 is 0 Å². The second-order valence-electron chi connectivity index (χ2n) is 4.31. The minimum absolute atomic E-state index is 0.440. The van der Waals surface area contributed by atoms with Gasteiger partial charge in [0.25, 0.3) is 0 Å². The summed E-state index contributed by atoms with van der Waals surface area (Å²) in [6, 6.07) is 0.666. The maximum absolute atomic E-state index is 5.82. The minimum Gasteiger partial charge on any atom is -0.381 e. The van der Waals surface area contributed by atoms with Gasteiger partial charge in [0.1, 0.15) is 0 Å². The first kappa shape index (κ1) is 10.4. The van der Waals surface area contributed by atoms with Gasteiger partial charge in [0, 0.05) is 25.2 Å². The van der Waals surface area contributed by atoms with E-state index in [4.69, 9.17) is 9.47 Å². The van der Waals surface area contributed by atoms with Gasteiger partial charge in [-0.1, -0.05) is 6.92 Å². The van der Waals surface area contributed by atoms with Gasteiger partial charge in [0.15, 0.2) is 0 Å². The number of rotatable bonds is 3. The van der Waals surface area contributed by atoms with Crippen LogP contribution in [0.5, 0.6) is 0 Å². The van der Waals surface area contributed by atoms with Gasteiger partial charge in [-0.15, -0.1) is 0 Å². The summed E-state index contributed by atoms with van der Waals surface area (Å²) in [6.07, 6.45) is 3.96. The lowest BCUT2D eigenvalue weighted by atomic mass is 9.92. The van der Waals surface area contributed by atoms with E-state index >= 15 is 0 Å². The fourth-order valence-electron chi connectivity index (χ4n) is 2.48. The predicted octanol–water partition coefficient (Wildman–Crippen LogP) is 1.18. The fourth-order valence-corrected chi connectivity index (χ4v) is 2.48. The molecule has 0 aliphatic carbocycles. The second kappa shape index (κ2) is 5.10. The highest BCUT2D eigenvalue weighted by molar-refractivity contribution is 4.82. The van der Waals surface area contributed by atoms with E-state index in [9.17, 15) is 0 Å². The van der Waals surface area contributed by atoms with Gasteiger partial charge in [0.2, 0.25) is 0 Å². The number of nitrogens with one attached hydrogen (secondary N) is 1. The molecule has 2 heterocycles. The Hall–Kier alpha value is -0.120. The topological polar surface area (TPSA) is 30.5 Å². The van der Waals surface area contributed by atoms with Gasteiger partial charge in [-0.2, -0.15) is 0 Å². The molecule has 3 nitrogen and oxygen atoms in total. The third kappa shape index (κ3) is 2.47. The molecule has 3 atom stereocenters. The molecule has 3 unspecified atom stereocenters. The molecular formula is C11H21NO2. The average molecular weight is 199 g/mol. The molecule has 3 heteroatoms. The number of ether oxygens (including phenoxy) is 2. The molecule has 0 saturated carbocycles. The van der Waals surface area contributed by atoms with Gasteiger partial charge in [-0.3, -0.25) is 0 Å². The van der Waals surface area contributed by atoms with E-state index in [0.717, 1.165) is 32.8 Å². The van der Waals surface area contributed by atoms with E-state index in [0.29, 0.717) is 18.1 Å². The van der Waals surface area contributed by atoms with Crippen molar-refractivity contribution < 1.29 is 9.47 Å². The molecule has 2 aliphatic rings. The predicted molar refractivity (Wildman–Crippen MR) is 55.4 cm³/mol. The van der Waals surface area contributed by atoms with Crippen LogP contribution in [0.2, 0.25) is 0 Å². The minimum atomic E-state index is 0.440. The second-order valence-corrected chi connectivity index (χ2v) is 4.31. The van der Waals surface area contributed by atoms with E-state index in [1.807, 2.05) is 0 Å². The SMILES string of the molecule is CCNC1CCOC(C2CCOC2)C1. The molecule has 14 heavy (non-hydrogen) atoms. The van der Waals surface area contributed by atoms with Gasteiger partial charge in [-0.25, -0.2) is 0 Å². The third-order valence-electron chi connectivity index (χ3n) is 3.30. The van der Waals surface area contributed by atoms with Crippen molar-refractivity contribution in [3.05, 3.63) is 0 Å². The van der Waals surface area contributed by atoms with Crippen LogP contribution in [0.15, 0.2) is 0 Å². The van der Waals surface area contributed by atoms with Crippen molar-refractivity contribution in [1.82, 2.24) is 5.32 Å². The molecule has 2 fully saturated rings. The van der Waals surface area contributed by atoms with E-state index in [-0.39, 0.29) is 0 Å². The molecule has 2 saturated heterocycles. The third-order valence-corrected chi connectivity index (χ3v) is 3.30. The Morgan fingerprint density at radius 3 is 2.93 bits per heavy atom. The van der Waals surface area contributed by atoms with Crippen LogP contribution in [0.25, 0.3) is 0 Å². The molecule has 0 spiro atoms. The highest BCUT2D eigenvalue weighted by Gasteiger charge is 2.31. The van der Waals surface area contributed by atoms with E-state index in [2.05, 4.69) is 12.2 Å². The maximum atomic E-state index is 5.82. The molecule has 0 aromatic rings. The van der Waals surface area contributed by atoms with Crippen LogP contribution in [-0.4, -0.2) is 38.5 Å². The summed E-state index contributed by atoms with van der Waals surface area (Å²) in [5, 5.41) is 3.52. The first-order chi connectivity index (χ1) is 6.90. The zero-order valence-electron chi connectivity index (χ0n) is 9.00. The van der Waals surface area contributed by atoms with Crippen molar-refractivity contribution in [3.8, 4) is 0 Å². The van der Waals surface area contributed by atoms with Crippen LogP contribution in [0.1, 0.15) is 26.2 Å². The summed E-state index contributed by atoms with van der Waals surface area (Å²) in [6.45, 7) is 5.99. The molecule has 0 radical (unpaired) electrons. The van der Waals surface area contributed by atoms with Gasteiger partial charge >= 0.3 is 0 Å². The van der Waals surface area contributed by atoms with Crippen molar-refractivity contribution in [2.24, 2.45) is 5.92 Å². The fraction of sp³-hybridized carbons (Fsp3) is 1.00. The van der Waals surface area contributed by atoms with Crippen LogP contribution in [0, 0.1) is 5.92 Å². The zero-order valence-corrected chi connectivity index (χ0v) is 9.00. The van der Waals surface area contributed by atoms with Crippen molar-refractivity contribution in [3.63, 3.8) is 0 Å². The molecule has 2 aliphatic heterocycles. The zero-order chi connectivity index (χ0) is 9.80. The summed E-state index contributed by atoms with van der Waals surface area (Å²) in [4.78, 5) is 0. The summed E-state index contributed by atoms with van der Waals surface area (Å²) in [5.41, 5.74) is 0. The quantitative estimate of drug-likeness (QED) is 0.740. The maximum Gasteiger partial charge on any atom is 0.0640 e. The Morgan fingerprint density at radius 1 is 1.29 bits per heavy atom. The van der Waals surface area contributed by atoms with Gasteiger partial charge in [-0.05, 0) is 25.8 Å². The van der Waals surface area contributed by atoms with Crippen LogP contribution in [0.3, 0.4) is 0 Å². The van der Waals surface area contributed by atoms with Crippen LogP contribution in [-0.2, 0) is 9.47 Å². The average Bonchev–Trinajstić information content (AvgIpc) is 2.71. The molecule has 0 aromatic heterocycles. The lowest BCUT2D eigenvalue weighted by Crippen LogP contribution is -2.41.